The molecule has 1 aromatic rings. The molecule has 3 rings (SSSR count). The summed E-state index contributed by atoms with van der Waals surface area (Å²) in [6.45, 7) is 3.58. The summed E-state index contributed by atoms with van der Waals surface area (Å²) >= 11 is 0. The van der Waals surface area contributed by atoms with Crippen molar-refractivity contribution in [3.63, 3.8) is 0 Å². The molecule has 1 atom stereocenters. The molecule has 0 N–H and O–H groups in total. The van der Waals surface area contributed by atoms with Gasteiger partial charge in [-0.3, -0.25) is 4.79 Å². The number of carbonyl (C=O) groups is 1. The van der Waals surface area contributed by atoms with Crippen LogP contribution in [0.15, 0.2) is 22.2 Å². The zero-order valence-corrected chi connectivity index (χ0v) is 13.3. The number of alkyl halides is 1. The Kier molecular flexibility index (Phi) is 4.20. The summed E-state index contributed by atoms with van der Waals surface area (Å²) in [5.41, 5.74) is 0.468. The highest BCUT2D eigenvalue weighted by Gasteiger charge is 2.32. The zero-order chi connectivity index (χ0) is 17.3. The van der Waals surface area contributed by atoms with Gasteiger partial charge in [-0.25, -0.2) is 19.4 Å². The van der Waals surface area contributed by atoms with Crippen molar-refractivity contribution in [1.29, 1.82) is 5.26 Å². The second-order valence-corrected chi connectivity index (χ2v) is 5.87. The summed E-state index contributed by atoms with van der Waals surface area (Å²) in [6.07, 6.45) is -0.168. The maximum absolute atomic E-state index is 13.4. The summed E-state index contributed by atoms with van der Waals surface area (Å²) < 4.78 is 13.4. The van der Waals surface area contributed by atoms with Crippen molar-refractivity contribution < 1.29 is 9.18 Å². The first-order chi connectivity index (χ1) is 11.5. The minimum atomic E-state index is -1.73. The lowest BCUT2D eigenvalue weighted by atomic mass is 10.0. The molecular weight excluding hydrogens is 313 g/mol. The quantitative estimate of drug-likeness (QED) is 0.797. The minimum absolute atomic E-state index is 0.133. The van der Waals surface area contributed by atoms with Crippen molar-refractivity contribution in [2.75, 3.05) is 31.6 Å². The number of halogens is 1. The molecule has 1 fully saturated rings. The fraction of sp³-hybridized carbons (Fsp3) is 0.467. The van der Waals surface area contributed by atoms with Gasteiger partial charge in [0.15, 0.2) is 0 Å². The Morgan fingerprint density at radius 3 is 2.88 bits per heavy atom. The van der Waals surface area contributed by atoms with Gasteiger partial charge in [-0.05, 0) is 13.0 Å². The van der Waals surface area contributed by atoms with Gasteiger partial charge in [0.05, 0.1) is 5.71 Å². The SMILES string of the molecule is CC1=NC(N(C)CC2CN(c3nccc(C#N)n3)C2)=NC(=O)C1F. The highest BCUT2D eigenvalue weighted by atomic mass is 19.1. The summed E-state index contributed by atoms with van der Waals surface area (Å²) in [5.74, 6) is 0.293. The molecule has 0 saturated carbocycles. The van der Waals surface area contributed by atoms with E-state index < -0.39 is 12.1 Å². The van der Waals surface area contributed by atoms with Crippen molar-refractivity contribution in [3.05, 3.63) is 18.0 Å². The monoisotopic (exact) mass is 329 g/mol. The van der Waals surface area contributed by atoms with Crippen LogP contribution in [-0.4, -0.2) is 65.3 Å². The number of aromatic nitrogens is 2. The number of guanidine groups is 1. The lowest BCUT2D eigenvalue weighted by Crippen LogP contribution is -2.52. The first-order valence-corrected chi connectivity index (χ1v) is 7.49. The van der Waals surface area contributed by atoms with Gasteiger partial charge < -0.3 is 9.80 Å². The van der Waals surface area contributed by atoms with Crippen LogP contribution in [0.2, 0.25) is 0 Å². The van der Waals surface area contributed by atoms with Crippen molar-refractivity contribution in [2.45, 2.75) is 13.1 Å². The van der Waals surface area contributed by atoms with Gasteiger partial charge >= 0.3 is 0 Å². The number of aliphatic imine (C=N–C) groups is 2. The molecule has 0 aromatic carbocycles. The van der Waals surface area contributed by atoms with Crippen LogP contribution in [0.3, 0.4) is 0 Å². The van der Waals surface area contributed by atoms with Crippen LogP contribution in [0, 0.1) is 17.2 Å². The molecule has 1 amide bonds. The summed E-state index contributed by atoms with van der Waals surface area (Å²) in [4.78, 5) is 31.2. The number of anilines is 1. The molecule has 0 bridgehead atoms. The van der Waals surface area contributed by atoms with Gasteiger partial charge in [0.25, 0.3) is 5.91 Å². The smallest absolute Gasteiger partial charge is 0.289 e. The molecule has 9 heteroatoms. The average molecular weight is 329 g/mol. The number of hydrogen-bond donors (Lipinski definition) is 0. The first kappa shape index (κ1) is 16.0. The van der Waals surface area contributed by atoms with Gasteiger partial charge in [-0.1, -0.05) is 0 Å². The lowest BCUT2D eigenvalue weighted by Gasteiger charge is -2.41. The molecule has 1 aromatic heterocycles. The standard InChI is InChI=1S/C15H16FN7O/c1-9-12(16)13(24)21-15(19-9)22(2)6-10-7-23(8-10)14-18-4-3-11(5-17)20-14/h3-4,10,12H,6-8H2,1-2H3. The van der Waals surface area contributed by atoms with Crippen molar-refractivity contribution in [2.24, 2.45) is 15.9 Å². The van der Waals surface area contributed by atoms with E-state index in [2.05, 4.69) is 20.0 Å². The molecule has 0 radical (unpaired) electrons. The third-order valence-electron chi connectivity index (χ3n) is 3.94. The van der Waals surface area contributed by atoms with Crippen LogP contribution in [0.25, 0.3) is 0 Å². The number of nitriles is 1. The topological polar surface area (TPSA) is 97.8 Å². The van der Waals surface area contributed by atoms with Crippen LogP contribution >= 0.6 is 0 Å². The highest BCUT2D eigenvalue weighted by Crippen LogP contribution is 2.22. The van der Waals surface area contributed by atoms with Gasteiger partial charge in [-0.2, -0.15) is 10.3 Å². The largest absolute Gasteiger partial charge is 0.343 e. The third kappa shape index (κ3) is 3.08. The predicted molar refractivity (Wildman–Crippen MR) is 85.5 cm³/mol. The van der Waals surface area contributed by atoms with Crippen LogP contribution in [0.1, 0.15) is 12.6 Å². The second-order valence-electron chi connectivity index (χ2n) is 5.87. The number of nitrogens with zero attached hydrogens (tertiary/aromatic N) is 7. The Labute approximate surface area is 138 Å². The van der Waals surface area contributed by atoms with Crippen LogP contribution in [0.5, 0.6) is 0 Å². The Hall–Kier alpha value is -2.89. The van der Waals surface area contributed by atoms with E-state index in [0.29, 0.717) is 24.1 Å². The van der Waals surface area contributed by atoms with Crippen LogP contribution in [0.4, 0.5) is 10.3 Å². The van der Waals surface area contributed by atoms with Crippen LogP contribution < -0.4 is 4.90 Å². The van der Waals surface area contributed by atoms with E-state index in [1.807, 2.05) is 11.0 Å². The zero-order valence-electron chi connectivity index (χ0n) is 13.3. The van der Waals surface area contributed by atoms with Gasteiger partial charge in [0.1, 0.15) is 11.8 Å². The van der Waals surface area contributed by atoms with Crippen molar-refractivity contribution in [1.82, 2.24) is 14.9 Å². The third-order valence-corrected chi connectivity index (χ3v) is 3.94. The fourth-order valence-corrected chi connectivity index (χ4v) is 2.62. The summed E-state index contributed by atoms with van der Waals surface area (Å²) in [5, 5.41) is 8.87. The molecule has 3 heterocycles. The van der Waals surface area contributed by atoms with E-state index >= 15 is 0 Å². The maximum atomic E-state index is 13.4. The normalized spacial score (nSPS) is 20.8. The van der Waals surface area contributed by atoms with Crippen LogP contribution in [-0.2, 0) is 4.79 Å². The number of amides is 1. The highest BCUT2D eigenvalue weighted by molar-refractivity contribution is 6.16. The molecule has 2 aliphatic rings. The maximum Gasteiger partial charge on any atom is 0.289 e. The fourth-order valence-electron chi connectivity index (χ4n) is 2.62. The second kappa shape index (κ2) is 6.31. The molecule has 1 saturated heterocycles. The molecule has 1 unspecified atom stereocenters. The Morgan fingerprint density at radius 1 is 1.46 bits per heavy atom. The molecular formula is C15H16FN7O. The average Bonchev–Trinajstić information content (AvgIpc) is 2.54. The lowest BCUT2D eigenvalue weighted by molar-refractivity contribution is -0.120. The minimum Gasteiger partial charge on any atom is -0.343 e. The number of hydrogen-bond acceptors (Lipinski definition) is 7. The molecule has 24 heavy (non-hydrogen) atoms. The summed E-state index contributed by atoms with van der Waals surface area (Å²) in [7, 11) is 1.77. The van der Waals surface area contributed by atoms with E-state index in [-0.39, 0.29) is 11.7 Å². The van der Waals surface area contributed by atoms with E-state index in [9.17, 15) is 9.18 Å². The molecule has 8 nitrogen and oxygen atoms in total. The van der Waals surface area contributed by atoms with Gasteiger partial charge in [0, 0.05) is 38.8 Å². The first-order valence-electron chi connectivity index (χ1n) is 7.49. The number of rotatable bonds is 3. The molecule has 0 aliphatic carbocycles. The van der Waals surface area contributed by atoms with Gasteiger partial charge in [-0.15, -0.1) is 0 Å². The van der Waals surface area contributed by atoms with E-state index in [1.54, 1.807) is 24.2 Å². The van der Waals surface area contributed by atoms with Crippen molar-refractivity contribution >= 4 is 23.5 Å². The van der Waals surface area contributed by atoms with Crippen molar-refractivity contribution in [3.8, 4) is 6.07 Å². The number of carbonyl (C=O) groups excluding carboxylic acids is 1. The van der Waals surface area contributed by atoms with Gasteiger partial charge in [0.2, 0.25) is 18.1 Å². The predicted octanol–water partition coefficient (Wildman–Crippen LogP) is 0.411. The molecule has 124 valence electrons. The molecule has 2 aliphatic heterocycles. The van der Waals surface area contributed by atoms with E-state index in [1.165, 1.54) is 6.92 Å². The Morgan fingerprint density at radius 2 is 2.21 bits per heavy atom. The van der Waals surface area contributed by atoms with E-state index in [0.717, 1.165) is 13.1 Å². The molecule has 0 spiro atoms. The van der Waals surface area contributed by atoms with E-state index in [4.69, 9.17) is 5.26 Å². The Balaban J connectivity index is 1.57. The summed E-state index contributed by atoms with van der Waals surface area (Å²) in [6, 6.07) is 3.55. The Bertz CT molecular complexity index is 763.